The molecule has 0 aromatic heterocycles. The standard InChI is InChI=1S/C17H23NO4/c1-2-15(20)16(11-18)5-3-13(19)9-12-10-17(6-4-14(12)16)21-7-8-22-17/h4,12-13,19H,2-3,5-10H2,1H3/t12?,13-,16-/m0/s1. The second kappa shape index (κ2) is 5.77. The van der Waals surface area contributed by atoms with Crippen LogP contribution in [0.25, 0.3) is 0 Å². The van der Waals surface area contributed by atoms with Gasteiger partial charge in [-0.2, -0.15) is 5.26 Å². The maximum Gasteiger partial charge on any atom is 0.172 e. The van der Waals surface area contributed by atoms with Gasteiger partial charge in [-0.05, 0) is 30.8 Å². The van der Waals surface area contributed by atoms with Crippen molar-refractivity contribution >= 4 is 5.78 Å². The third-order valence-corrected chi connectivity index (χ3v) is 5.33. The highest BCUT2D eigenvalue weighted by Crippen LogP contribution is 2.50. The van der Waals surface area contributed by atoms with E-state index in [-0.39, 0.29) is 11.7 Å². The van der Waals surface area contributed by atoms with Crippen molar-refractivity contribution in [1.82, 2.24) is 0 Å². The molecule has 1 saturated carbocycles. The summed E-state index contributed by atoms with van der Waals surface area (Å²) in [5.74, 6) is -0.682. The van der Waals surface area contributed by atoms with Crippen LogP contribution in [-0.4, -0.2) is 36.0 Å². The van der Waals surface area contributed by atoms with Gasteiger partial charge in [0.05, 0.1) is 25.4 Å². The largest absolute Gasteiger partial charge is 0.393 e. The molecule has 0 aromatic carbocycles. The number of carbonyl (C=O) groups excluding carboxylic acids is 1. The first-order chi connectivity index (χ1) is 10.6. The molecule has 1 saturated heterocycles. The van der Waals surface area contributed by atoms with Crippen LogP contribution in [0.15, 0.2) is 11.6 Å². The first-order valence-electron chi connectivity index (χ1n) is 8.16. The molecule has 0 bridgehead atoms. The number of ketones is 1. The number of aliphatic hydroxyl groups excluding tert-OH is 1. The van der Waals surface area contributed by atoms with Crippen LogP contribution in [0.3, 0.4) is 0 Å². The molecule has 5 heteroatoms. The van der Waals surface area contributed by atoms with Crippen LogP contribution >= 0.6 is 0 Å². The monoisotopic (exact) mass is 305 g/mol. The number of allylic oxidation sites excluding steroid dienone is 1. The molecule has 3 atom stereocenters. The van der Waals surface area contributed by atoms with Gasteiger partial charge in [-0.25, -0.2) is 0 Å². The smallest absolute Gasteiger partial charge is 0.172 e. The van der Waals surface area contributed by atoms with Gasteiger partial charge in [0.1, 0.15) is 5.41 Å². The molecule has 0 aromatic rings. The van der Waals surface area contributed by atoms with Crippen LogP contribution in [-0.2, 0) is 14.3 Å². The van der Waals surface area contributed by atoms with E-state index in [9.17, 15) is 15.2 Å². The molecular formula is C17H23NO4. The van der Waals surface area contributed by atoms with Crippen LogP contribution in [0.1, 0.15) is 45.4 Å². The molecule has 0 radical (unpaired) electrons. The predicted octanol–water partition coefficient (Wildman–Crippen LogP) is 2.10. The lowest BCUT2D eigenvalue weighted by atomic mass is 9.66. The summed E-state index contributed by atoms with van der Waals surface area (Å²) >= 11 is 0. The van der Waals surface area contributed by atoms with Crippen molar-refractivity contribution in [3.63, 3.8) is 0 Å². The van der Waals surface area contributed by atoms with Crippen LogP contribution < -0.4 is 0 Å². The number of fused-ring (bicyclic) bond motifs is 1. The van der Waals surface area contributed by atoms with Crippen molar-refractivity contribution < 1.29 is 19.4 Å². The lowest BCUT2D eigenvalue weighted by Crippen LogP contribution is -2.41. The molecule has 0 amide bonds. The quantitative estimate of drug-likeness (QED) is 0.790. The van der Waals surface area contributed by atoms with Gasteiger partial charge in [-0.3, -0.25) is 4.79 Å². The van der Waals surface area contributed by atoms with Crippen molar-refractivity contribution in [2.45, 2.75) is 57.3 Å². The Labute approximate surface area is 130 Å². The van der Waals surface area contributed by atoms with Crippen molar-refractivity contribution in [3.05, 3.63) is 11.6 Å². The minimum absolute atomic E-state index is 0.0282. The topological polar surface area (TPSA) is 79.6 Å². The van der Waals surface area contributed by atoms with E-state index in [2.05, 4.69) is 6.07 Å². The molecule has 3 aliphatic rings. The summed E-state index contributed by atoms with van der Waals surface area (Å²) in [7, 11) is 0. The number of Topliss-reactive ketones (excluding diaryl/α,β-unsaturated/α-hetero) is 1. The zero-order valence-corrected chi connectivity index (χ0v) is 13.0. The summed E-state index contributed by atoms with van der Waals surface area (Å²) in [4.78, 5) is 12.5. The van der Waals surface area contributed by atoms with E-state index in [1.807, 2.05) is 6.08 Å². The second-order valence-electron chi connectivity index (χ2n) is 6.59. The lowest BCUT2D eigenvalue weighted by molar-refractivity contribution is -0.171. The Morgan fingerprint density at radius 1 is 1.50 bits per heavy atom. The number of hydrogen-bond donors (Lipinski definition) is 1. The number of rotatable bonds is 2. The van der Waals surface area contributed by atoms with Gasteiger partial charge in [-0.15, -0.1) is 0 Å². The first-order valence-corrected chi connectivity index (χ1v) is 8.16. The summed E-state index contributed by atoms with van der Waals surface area (Å²) in [6, 6.07) is 2.30. The molecule has 3 rings (SSSR count). The van der Waals surface area contributed by atoms with Gasteiger partial charge < -0.3 is 14.6 Å². The van der Waals surface area contributed by atoms with Gasteiger partial charge in [0, 0.05) is 19.3 Å². The van der Waals surface area contributed by atoms with E-state index in [0.717, 1.165) is 5.57 Å². The second-order valence-corrected chi connectivity index (χ2v) is 6.59. The molecule has 1 spiro atoms. The molecule has 2 aliphatic carbocycles. The molecule has 5 nitrogen and oxygen atoms in total. The van der Waals surface area contributed by atoms with Crippen molar-refractivity contribution in [2.75, 3.05) is 13.2 Å². The van der Waals surface area contributed by atoms with Crippen LogP contribution in [0.4, 0.5) is 0 Å². The van der Waals surface area contributed by atoms with E-state index >= 15 is 0 Å². The number of aliphatic hydroxyl groups is 1. The Bertz CT molecular complexity index is 529. The predicted molar refractivity (Wildman–Crippen MR) is 78.6 cm³/mol. The molecule has 2 fully saturated rings. The fourth-order valence-electron chi connectivity index (χ4n) is 4.23. The highest BCUT2D eigenvalue weighted by Gasteiger charge is 2.51. The maximum atomic E-state index is 12.5. The van der Waals surface area contributed by atoms with Gasteiger partial charge >= 0.3 is 0 Å². The Morgan fingerprint density at radius 3 is 2.86 bits per heavy atom. The molecule has 1 unspecified atom stereocenters. The number of carbonyl (C=O) groups is 1. The minimum Gasteiger partial charge on any atom is -0.393 e. The summed E-state index contributed by atoms with van der Waals surface area (Å²) < 4.78 is 11.6. The van der Waals surface area contributed by atoms with Gasteiger partial charge in [-0.1, -0.05) is 13.0 Å². The van der Waals surface area contributed by atoms with Crippen LogP contribution in [0, 0.1) is 22.7 Å². The Morgan fingerprint density at radius 2 is 2.23 bits per heavy atom. The maximum absolute atomic E-state index is 12.5. The van der Waals surface area contributed by atoms with E-state index in [4.69, 9.17) is 9.47 Å². The average molecular weight is 305 g/mol. The summed E-state index contributed by atoms with van der Waals surface area (Å²) in [6.07, 6.45) is 4.51. The van der Waals surface area contributed by atoms with E-state index < -0.39 is 17.3 Å². The number of nitrogens with zero attached hydrogens (tertiary/aromatic N) is 1. The summed E-state index contributed by atoms with van der Waals surface area (Å²) in [6.45, 7) is 2.96. The van der Waals surface area contributed by atoms with E-state index in [0.29, 0.717) is 51.7 Å². The van der Waals surface area contributed by atoms with Crippen LogP contribution in [0.2, 0.25) is 0 Å². The van der Waals surface area contributed by atoms with E-state index in [1.54, 1.807) is 6.92 Å². The Kier molecular flexibility index (Phi) is 4.11. The number of nitriles is 1. The van der Waals surface area contributed by atoms with Gasteiger partial charge in [0.2, 0.25) is 0 Å². The van der Waals surface area contributed by atoms with Crippen molar-refractivity contribution in [3.8, 4) is 6.07 Å². The fraction of sp³-hybridized carbons (Fsp3) is 0.765. The molecule has 1 aliphatic heterocycles. The zero-order chi connectivity index (χ0) is 15.8. The minimum atomic E-state index is -1.07. The molecule has 1 N–H and O–H groups in total. The van der Waals surface area contributed by atoms with Crippen LogP contribution in [0.5, 0.6) is 0 Å². The summed E-state index contributed by atoms with van der Waals surface area (Å²) in [5.41, 5.74) is -0.181. The highest BCUT2D eigenvalue weighted by molar-refractivity contribution is 5.90. The van der Waals surface area contributed by atoms with Gasteiger partial charge in [0.15, 0.2) is 11.6 Å². The normalized spacial score (nSPS) is 37.0. The molecule has 1 heterocycles. The number of ether oxygens (including phenoxy) is 2. The molecule has 22 heavy (non-hydrogen) atoms. The van der Waals surface area contributed by atoms with Gasteiger partial charge in [0.25, 0.3) is 0 Å². The van der Waals surface area contributed by atoms with Crippen molar-refractivity contribution in [1.29, 1.82) is 5.26 Å². The zero-order valence-electron chi connectivity index (χ0n) is 13.0. The Balaban J connectivity index is 2.01. The highest BCUT2D eigenvalue weighted by atomic mass is 16.7. The SMILES string of the molecule is CCC(=O)[C@]1(C#N)CC[C@H](O)CC2CC3(CC=C21)OCCO3. The van der Waals surface area contributed by atoms with E-state index in [1.165, 1.54) is 0 Å². The third-order valence-electron chi connectivity index (χ3n) is 5.33. The summed E-state index contributed by atoms with van der Waals surface area (Å²) in [5, 5.41) is 20.0. The van der Waals surface area contributed by atoms with Crippen molar-refractivity contribution in [2.24, 2.45) is 11.3 Å². The average Bonchev–Trinajstić information content (AvgIpc) is 2.91. The Hall–Kier alpha value is -1.22. The first kappa shape index (κ1) is 15.7. The molecule has 120 valence electrons. The molecular weight excluding hydrogens is 282 g/mol. The number of hydrogen-bond acceptors (Lipinski definition) is 5. The fourth-order valence-corrected chi connectivity index (χ4v) is 4.23. The lowest BCUT2D eigenvalue weighted by Gasteiger charge is -2.40. The third kappa shape index (κ3) is 2.40.